The van der Waals surface area contributed by atoms with Crippen LogP contribution in [0.5, 0.6) is 0 Å². The lowest BCUT2D eigenvalue weighted by Gasteiger charge is -2.05. The minimum absolute atomic E-state index is 0.208. The molecule has 96 valence electrons. The zero-order valence-corrected chi connectivity index (χ0v) is 11.5. The lowest BCUT2D eigenvalue weighted by molar-refractivity contribution is 0.119. The van der Waals surface area contributed by atoms with Gasteiger partial charge in [-0.05, 0) is 18.6 Å². The van der Waals surface area contributed by atoms with Crippen LogP contribution in [0.4, 0.5) is 0 Å². The lowest BCUT2D eigenvalue weighted by atomic mass is 10.1. The van der Waals surface area contributed by atoms with Crippen molar-refractivity contribution in [2.24, 2.45) is 5.73 Å². The molecule has 18 heavy (non-hydrogen) atoms. The summed E-state index contributed by atoms with van der Waals surface area (Å²) in [5.41, 5.74) is 8.94. The van der Waals surface area contributed by atoms with Gasteiger partial charge in [-0.2, -0.15) is 0 Å². The largest absolute Gasteiger partial charge is 0.381 e. The number of nitrogens with zero attached hydrogens (tertiary/aromatic N) is 1. The Bertz CT molecular complexity index is 510. The van der Waals surface area contributed by atoms with E-state index in [1.807, 2.05) is 12.1 Å². The van der Waals surface area contributed by atoms with Crippen molar-refractivity contribution in [1.29, 1.82) is 0 Å². The van der Waals surface area contributed by atoms with Crippen molar-refractivity contribution in [3.63, 3.8) is 0 Å². The highest BCUT2D eigenvalue weighted by molar-refractivity contribution is 7.09. The predicted octanol–water partition coefficient (Wildman–Crippen LogP) is 2.85. The standard InChI is InChI=1S/C14H18N2OS/c1-10(17-2)6-14-16-13(9-18-14)12-5-3-4-11(7-12)8-15/h3-5,7,9-10H,6,8,15H2,1-2H3. The van der Waals surface area contributed by atoms with Crippen molar-refractivity contribution >= 4 is 11.3 Å². The molecule has 2 rings (SSSR count). The van der Waals surface area contributed by atoms with E-state index >= 15 is 0 Å². The van der Waals surface area contributed by atoms with Crippen molar-refractivity contribution in [2.75, 3.05) is 7.11 Å². The van der Waals surface area contributed by atoms with Crippen molar-refractivity contribution in [3.8, 4) is 11.3 Å². The first-order chi connectivity index (χ1) is 8.72. The minimum Gasteiger partial charge on any atom is -0.381 e. The first-order valence-electron chi connectivity index (χ1n) is 5.99. The maximum atomic E-state index is 5.65. The summed E-state index contributed by atoms with van der Waals surface area (Å²) in [7, 11) is 1.73. The summed E-state index contributed by atoms with van der Waals surface area (Å²) < 4.78 is 5.26. The molecule has 1 aromatic heterocycles. The van der Waals surface area contributed by atoms with Crippen molar-refractivity contribution in [2.45, 2.75) is 26.0 Å². The van der Waals surface area contributed by atoms with Gasteiger partial charge in [0, 0.05) is 31.0 Å². The van der Waals surface area contributed by atoms with Gasteiger partial charge in [0.15, 0.2) is 0 Å². The van der Waals surface area contributed by atoms with Gasteiger partial charge >= 0.3 is 0 Å². The molecule has 0 amide bonds. The second-order valence-electron chi connectivity index (χ2n) is 4.28. The molecule has 1 atom stereocenters. The van der Waals surface area contributed by atoms with E-state index in [-0.39, 0.29) is 6.10 Å². The topological polar surface area (TPSA) is 48.1 Å². The third-order valence-electron chi connectivity index (χ3n) is 2.87. The van der Waals surface area contributed by atoms with Gasteiger partial charge in [0.25, 0.3) is 0 Å². The van der Waals surface area contributed by atoms with Crippen molar-refractivity contribution in [3.05, 3.63) is 40.2 Å². The van der Waals surface area contributed by atoms with E-state index in [0.29, 0.717) is 6.54 Å². The van der Waals surface area contributed by atoms with Gasteiger partial charge in [0.1, 0.15) is 0 Å². The van der Waals surface area contributed by atoms with Gasteiger partial charge in [-0.3, -0.25) is 0 Å². The molecule has 0 spiro atoms. The average Bonchev–Trinajstić information content (AvgIpc) is 2.87. The van der Waals surface area contributed by atoms with Gasteiger partial charge in [0.05, 0.1) is 16.8 Å². The van der Waals surface area contributed by atoms with Crippen LogP contribution in [0, 0.1) is 0 Å². The van der Waals surface area contributed by atoms with E-state index in [2.05, 4.69) is 29.4 Å². The molecule has 0 aliphatic carbocycles. The molecule has 1 aromatic carbocycles. The van der Waals surface area contributed by atoms with E-state index in [0.717, 1.165) is 28.2 Å². The second-order valence-corrected chi connectivity index (χ2v) is 5.22. The summed E-state index contributed by atoms with van der Waals surface area (Å²) in [4.78, 5) is 4.64. The minimum atomic E-state index is 0.208. The molecule has 1 unspecified atom stereocenters. The Kier molecular flexibility index (Phi) is 4.47. The Labute approximate surface area is 112 Å². The number of rotatable bonds is 5. The molecule has 0 saturated heterocycles. The highest BCUT2D eigenvalue weighted by atomic mass is 32.1. The lowest BCUT2D eigenvalue weighted by Crippen LogP contribution is -2.08. The SMILES string of the molecule is COC(C)Cc1nc(-c2cccc(CN)c2)cs1. The second kappa shape index (κ2) is 6.09. The van der Waals surface area contributed by atoms with Crippen LogP contribution in [-0.2, 0) is 17.7 Å². The van der Waals surface area contributed by atoms with Crippen LogP contribution in [0.25, 0.3) is 11.3 Å². The molecular weight excluding hydrogens is 244 g/mol. The number of aromatic nitrogens is 1. The number of ether oxygens (including phenoxy) is 1. The number of thiazole rings is 1. The van der Waals surface area contributed by atoms with E-state index in [4.69, 9.17) is 10.5 Å². The van der Waals surface area contributed by atoms with Crippen LogP contribution in [0.3, 0.4) is 0 Å². The number of benzene rings is 1. The van der Waals surface area contributed by atoms with Gasteiger partial charge < -0.3 is 10.5 Å². The smallest absolute Gasteiger partial charge is 0.0958 e. The molecule has 0 saturated carbocycles. The first kappa shape index (κ1) is 13.2. The monoisotopic (exact) mass is 262 g/mol. The van der Waals surface area contributed by atoms with E-state index in [9.17, 15) is 0 Å². The Balaban J connectivity index is 2.18. The number of nitrogens with two attached hydrogens (primary N) is 1. The fraction of sp³-hybridized carbons (Fsp3) is 0.357. The van der Waals surface area contributed by atoms with Gasteiger partial charge in [-0.1, -0.05) is 18.2 Å². The van der Waals surface area contributed by atoms with E-state index < -0.39 is 0 Å². The maximum Gasteiger partial charge on any atom is 0.0958 e. The molecule has 0 radical (unpaired) electrons. The first-order valence-corrected chi connectivity index (χ1v) is 6.87. The molecule has 2 N–H and O–H groups in total. The molecule has 2 aromatic rings. The normalized spacial score (nSPS) is 12.6. The number of hydrogen-bond donors (Lipinski definition) is 1. The number of hydrogen-bond acceptors (Lipinski definition) is 4. The van der Waals surface area contributed by atoms with Crippen LogP contribution in [0.1, 0.15) is 17.5 Å². The zero-order valence-electron chi connectivity index (χ0n) is 10.7. The summed E-state index contributed by atoms with van der Waals surface area (Å²) >= 11 is 1.68. The van der Waals surface area contributed by atoms with Crippen LogP contribution in [0.15, 0.2) is 29.6 Å². The average molecular weight is 262 g/mol. The zero-order chi connectivity index (χ0) is 13.0. The fourth-order valence-corrected chi connectivity index (χ4v) is 2.64. The molecule has 1 heterocycles. The predicted molar refractivity (Wildman–Crippen MR) is 75.6 cm³/mol. The highest BCUT2D eigenvalue weighted by Gasteiger charge is 2.08. The summed E-state index contributed by atoms with van der Waals surface area (Å²) in [6.07, 6.45) is 1.07. The van der Waals surface area contributed by atoms with Crippen LogP contribution in [0.2, 0.25) is 0 Å². The van der Waals surface area contributed by atoms with Gasteiger partial charge in [-0.25, -0.2) is 4.98 Å². The van der Waals surface area contributed by atoms with Crippen molar-refractivity contribution in [1.82, 2.24) is 4.98 Å². The van der Waals surface area contributed by atoms with E-state index in [1.54, 1.807) is 18.4 Å². The van der Waals surface area contributed by atoms with Crippen LogP contribution in [-0.4, -0.2) is 18.2 Å². The Morgan fingerprint density at radius 3 is 3.00 bits per heavy atom. The third kappa shape index (κ3) is 3.16. The highest BCUT2D eigenvalue weighted by Crippen LogP contribution is 2.23. The quantitative estimate of drug-likeness (QED) is 0.901. The molecule has 3 nitrogen and oxygen atoms in total. The molecule has 0 fully saturated rings. The Morgan fingerprint density at radius 1 is 1.44 bits per heavy atom. The maximum absolute atomic E-state index is 5.65. The van der Waals surface area contributed by atoms with Crippen LogP contribution >= 0.6 is 11.3 Å². The molecule has 4 heteroatoms. The summed E-state index contributed by atoms with van der Waals surface area (Å²) in [6, 6.07) is 8.22. The molecule has 0 aliphatic rings. The molecule has 0 aliphatic heterocycles. The number of methoxy groups -OCH3 is 1. The van der Waals surface area contributed by atoms with Gasteiger partial charge in [0.2, 0.25) is 0 Å². The van der Waals surface area contributed by atoms with Gasteiger partial charge in [-0.15, -0.1) is 11.3 Å². The summed E-state index contributed by atoms with van der Waals surface area (Å²) in [5, 5.41) is 3.20. The third-order valence-corrected chi connectivity index (χ3v) is 3.75. The summed E-state index contributed by atoms with van der Waals surface area (Å²) in [5.74, 6) is 0. The Morgan fingerprint density at radius 2 is 2.28 bits per heavy atom. The fourth-order valence-electron chi connectivity index (χ4n) is 1.72. The molecule has 0 bridgehead atoms. The van der Waals surface area contributed by atoms with Crippen molar-refractivity contribution < 1.29 is 4.74 Å². The Hall–Kier alpha value is -1.23. The summed E-state index contributed by atoms with van der Waals surface area (Å²) in [6.45, 7) is 2.61. The molecular formula is C14H18N2OS. The van der Waals surface area contributed by atoms with E-state index in [1.165, 1.54) is 0 Å². The van der Waals surface area contributed by atoms with Crippen LogP contribution < -0.4 is 5.73 Å².